The van der Waals surface area contributed by atoms with Crippen molar-refractivity contribution in [2.24, 2.45) is 5.73 Å². The van der Waals surface area contributed by atoms with Crippen molar-refractivity contribution in [1.29, 1.82) is 0 Å². The molecule has 2 rings (SSSR count). The lowest BCUT2D eigenvalue weighted by atomic mass is 10.2. The molecule has 1 aromatic heterocycles. The van der Waals surface area contributed by atoms with Crippen molar-refractivity contribution in [2.45, 2.75) is 0 Å². The third-order valence-corrected chi connectivity index (χ3v) is 2.90. The first kappa shape index (κ1) is 14.1. The Morgan fingerprint density at radius 1 is 1.20 bits per heavy atom. The summed E-state index contributed by atoms with van der Waals surface area (Å²) in [4.78, 5) is 4.41. The summed E-state index contributed by atoms with van der Waals surface area (Å²) < 4.78 is 10.5. The smallest absolute Gasteiger partial charge is 0.162 e. The van der Waals surface area contributed by atoms with Gasteiger partial charge in [0.15, 0.2) is 11.5 Å². The summed E-state index contributed by atoms with van der Waals surface area (Å²) in [5.41, 5.74) is 7.78. The van der Waals surface area contributed by atoms with E-state index < -0.39 is 0 Å². The van der Waals surface area contributed by atoms with E-state index in [0.29, 0.717) is 17.2 Å². The van der Waals surface area contributed by atoms with Gasteiger partial charge in [0, 0.05) is 18.0 Å². The van der Waals surface area contributed by atoms with E-state index in [1.165, 1.54) is 0 Å². The first-order chi connectivity index (χ1) is 9.65. The number of rotatable bonds is 5. The van der Waals surface area contributed by atoms with Gasteiger partial charge in [-0.2, -0.15) is 0 Å². The number of nitrogens with one attached hydrogen (secondary N) is 1. The van der Waals surface area contributed by atoms with Crippen molar-refractivity contribution in [1.82, 2.24) is 4.98 Å². The van der Waals surface area contributed by atoms with E-state index in [2.05, 4.69) is 10.3 Å². The fraction of sp³-hybridized carbons (Fsp3) is 0.143. The Bertz CT molecular complexity index is 632. The van der Waals surface area contributed by atoms with Crippen LogP contribution in [0.3, 0.4) is 0 Å². The highest BCUT2D eigenvalue weighted by atomic mass is 32.1. The maximum absolute atomic E-state index is 5.65. The summed E-state index contributed by atoms with van der Waals surface area (Å²) in [6, 6.07) is 9.19. The van der Waals surface area contributed by atoms with Crippen LogP contribution in [0.2, 0.25) is 0 Å². The second-order valence-corrected chi connectivity index (χ2v) is 4.40. The number of nitrogens with zero attached hydrogens (tertiary/aromatic N) is 1. The molecule has 6 heteroatoms. The second-order valence-electron chi connectivity index (χ2n) is 3.96. The van der Waals surface area contributed by atoms with Gasteiger partial charge < -0.3 is 20.5 Å². The molecule has 0 saturated carbocycles. The molecule has 0 atom stereocenters. The summed E-state index contributed by atoms with van der Waals surface area (Å²) in [5, 5.41) is 3.21. The second kappa shape index (κ2) is 6.21. The van der Waals surface area contributed by atoms with E-state index in [4.69, 9.17) is 27.4 Å². The first-order valence-corrected chi connectivity index (χ1v) is 6.30. The van der Waals surface area contributed by atoms with Crippen molar-refractivity contribution < 1.29 is 9.47 Å². The number of anilines is 2. The van der Waals surface area contributed by atoms with E-state index in [0.717, 1.165) is 11.4 Å². The summed E-state index contributed by atoms with van der Waals surface area (Å²) in [5.74, 6) is 1.30. The average molecular weight is 289 g/mol. The van der Waals surface area contributed by atoms with Crippen molar-refractivity contribution >= 4 is 28.6 Å². The van der Waals surface area contributed by atoms with E-state index in [9.17, 15) is 0 Å². The number of nitrogens with two attached hydrogens (primary N) is 1. The van der Waals surface area contributed by atoms with E-state index in [1.54, 1.807) is 20.4 Å². The zero-order valence-corrected chi connectivity index (χ0v) is 12.0. The van der Waals surface area contributed by atoms with E-state index >= 15 is 0 Å². The van der Waals surface area contributed by atoms with E-state index in [-0.39, 0.29) is 4.99 Å². The number of thiocarbonyl (C=S) groups is 1. The normalized spacial score (nSPS) is 9.90. The molecule has 20 heavy (non-hydrogen) atoms. The third kappa shape index (κ3) is 2.97. The zero-order valence-electron chi connectivity index (χ0n) is 11.2. The summed E-state index contributed by atoms with van der Waals surface area (Å²) in [6.07, 6.45) is 1.65. The quantitative estimate of drug-likeness (QED) is 0.824. The lowest BCUT2D eigenvalue weighted by Crippen LogP contribution is -2.13. The van der Waals surface area contributed by atoms with Crippen molar-refractivity contribution in [2.75, 3.05) is 19.5 Å². The number of hydrogen-bond donors (Lipinski definition) is 2. The van der Waals surface area contributed by atoms with Crippen molar-refractivity contribution in [3.8, 4) is 11.5 Å². The van der Waals surface area contributed by atoms with Crippen LogP contribution in [0.4, 0.5) is 11.4 Å². The fourth-order valence-electron chi connectivity index (χ4n) is 1.77. The monoisotopic (exact) mass is 289 g/mol. The minimum absolute atomic E-state index is 0.244. The number of pyridine rings is 1. The van der Waals surface area contributed by atoms with Gasteiger partial charge in [-0.3, -0.25) is 4.98 Å². The van der Waals surface area contributed by atoms with Crippen molar-refractivity contribution in [3.05, 3.63) is 42.2 Å². The van der Waals surface area contributed by atoms with Crippen LogP contribution in [0.25, 0.3) is 0 Å². The molecular formula is C14H15N3O2S. The maximum Gasteiger partial charge on any atom is 0.162 e. The zero-order chi connectivity index (χ0) is 14.5. The lowest BCUT2D eigenvalue weighted by molar-refractivity contribution is 0.355. The summed E-state index contributed by atoms with van der Waals surface area (Å²) in [6.45, 7) is 0. The van der Waals surface area contributed by atoms with Crippen molar-refractivity contribution in [3.63, 3.8) is 0 Å². The molecule has 0 amide bonds. The Morgan fingerprint density at radius 2 is 1.95 bits per heavy atom. The molecule has 0 fully saturated rings. The number of aromatic nitrogens is 1. The van der Waals surface area contributed by atoms with Crippen LogP contribution in [-0.4, -0.2) is 24.2 Å². The molecule has 1 aromatic carbocycles. The Labute approximate surface area is 122 Å². The molecule has 104 valence electrons. The Balaban J connectivity index is 2.33. The van der Waals surface area contributed by atoms with Gasteiger partial charge in [-0.05, 0) is 24.3 Å². The molecule has 0 radical (unpaired) electrons. The van der Waals surface area contributed by atoms with Gasteiger partial charge in [0.1, 0.15) is 10.7 Å². The van der Waals surface area contributed by atoms with Gasteiger partial charge in [-0.25, -0.2) is 0 Å². The van der Waals surface area contributed by atoms with E-state index in [1.807, 2.05) is 30.3 Å². The van der Waals surface area contributed by atoms with Gasteiger partial charge in [0.25, 0.3) is 0 Å². The highest BCUT2D eigenvalue weighted by Gasteiger charge is 2.08. The molecule has 3 N–H and O–H groups in total. The fourth-order valence-corrected chi connectivity index (χ4v) is 1.93. The molecule has 5 nitrogen and oxygen atoms in total. The molecule has 0 unspecified atom stereocenters. The van der Waals surface area contributed by atoms with Crippen LogP contribution in [0.15, 0.2) is 36.5 Å². The molecular weight excluding hydrogens is 274 g/mol. The Hall–Kier alpha value is -2.34. The molecule has 1 heterocycles. The SMILES string of the molecule is COc1ccc(Nc2cccnc2C(N)=S)cc1OC. The number of methoxy groups -OCH3 is 2. The largest absolute Gasteiger partial charge is 0.493 e. The summed E-state index contributed by atoms with van der Waals surface area (Å²) in [7, 11) is 3.18. The molecule has 0 aliphatic carbocycles. The molecule has 0 aliphatic heterocycles. The van der Waals surface area contributed by atoms with Crippen LogP contribution in [0.1, 0.15) is 5.69 Å². The Morgan fingerprint density at radius 3 is 2.60 bits per heavy atom. The molecule has 0 saturated heterocycles. The molecule has 0 bridgehead atoms. The minimum atomic E-state index is 0.244. The number of hydrogen-bond acceptors (Lipinski definition) is 5. The van der Waals surface area contributed by atoms with Gasteiger partial charge in [-0.1, -0.05) is 12.2 Å². The maximum atomic E-state index is 5.65. The highest BCUT2D eigenvalue weighted by Crippen LogP contribution is 2.31. The number of benzene rings is 1. The molecule has 0 spiro atoms. The molecule has 0 aliphatic rings. The average Bonchev–Trinajstić information content (AvgIpc) is 2.47. The molecule has 2 aromatic rings. The predicted molar refractivity (Wildman–Crippen MR) is 83.0 cm³/mol. The van der Waals surface area contributed by atoms with Crippen LogP contribution in [-0.2, 0) is 0 Å². The topological polar surface area (TPSA) is 69.4 Å². The first-order valence-electron chi connectivity index (χ1n) is 5.89. The van der Waals surface area contributed by atoms with Gasteiger partial charge >= 0.3 is 0 Å². The summed E-state index contributed by atoms with van der Waals surface area (Å²) >= 11 is 4.98. The van der Waals surface area contributed by atoms with Crippen LogP contribution >= 0.6 is 12.2 Å². The third-order valence-electron chi connectivity index (χ3n) is 2.70. The van der Waals surface area contributed by atoms with Crippen LogP contribution < -0.4 is 20.5 Å². The Kier molecular flexibility index (Phi) is 4.37. The van der Waals surface area contributed by atoms with Gasteiger partial charge in [-0.15, -0.1) is 0 Å². The number of ether oxygens (including phenoxy) is 2. The van der Waals surface area contributed by atoms with Crippen LogP contribution in [0.5, 0.6) is 11.5 Å². The van der Waals surface area contributed by atoms with Gasteiger partial charge in [0.2, 0.25) is 0 Å². The lowest BCUT2D eigenvalue weighted by Gasteiger charge is -2.13. The van der Waals surface area contributed by atoms with Crippen LogP contribution in [0, 0.1) is 0 Å². The minimum Gasteiger partial charge on any atom is -0.493 e. The standard InChI is InChI=1S/C14H15N3O2S/c1-18-11-6-5-9(8-12(11)19-2)17-10-4-3-7-16-13(10)14(15)20/h3-8,17H,1-2H3,(H2,15,20). The highest BCUT2D eigenvalue weighted by molar-refractivity contribution is 7.80. The van der Waals surface area contributed by atoms with Gasteiger partial charge in [0.05, 0.1) is 19.9 Å². The predicted octanol–water partition coefficient (Wildman–Crippen LogP) is 2.48.